The molecule has 0 aromatic rings. The molecule has 0 bridgehead atoms. The van der Waals surface area contributed by atoms with Crippen LogP contribution in [0, 0.1) is 5.92 Å². The fourth-order valence-electron chi connectivity index (χ4n) is 2.22. The number of rotatable bonds is 4. The molecule has 0 N–H and O–H groups in total. The zero-order valence-corrected chi connectivity index (χ0v) is 10.6. The Balaban J connectivity index is 1.96. The molecule has 2 rings (SSSR count). The van der Waals surface area contributed by atoms with Gasteiger partial charge in [0.15, 0.2) is 0 Å². The molecule has 0 aromatic heterocycles. The highest BCUT2D eigenvalue weighted by molar-refractivity contribution is 6.30. The first-order valence-electron chi connectivity index (χ1n) is 6.20. The van der Waals surface area contributed by atoms with Crippen LogP contribution in [0.3, 0.4) is 0 Å². The molecule has 92 valence electrons. The zero-order chi connectivity index (χ0) is 11.5. The van der Waals surface area contributed by atoms with Crippen LogP contribution in [0.5, 0.6) is 0 Å². The Bertz CT molecular complexity index is 247. The van der Waals surface area contributed by atoms with Gasteiger partial charge in [-0.25, -0.2) is 0 Å². The van der Waals surface area contributed by atoms with E-state index in [9.17, 15) is 4.79 Å². The zero-order valence-electron chi connectivity index (χ0n) is 9.82. The SMILES string of the molecule is CC(Cl)C(=O)N(CC1CC1)C1CCOCC1. The van der Waals surface area contributed by atoms with Crippen molar-refractivity contribution in [1.29, 1.82) is 0 Å². The van der Waals surface area contributed by atoms with E-state index < -0.39 is 5.38 Å². The molecule has 1 aliphatic carbocycles. The maximum absolute atomic E-state index is 12.1. The lowest BCUT2D eigenvalue weighted by Gasteiger charge is -2.35. The van der Waals surface area contributed by atoms with Crippen molar-refractivity contribution in [3.63, 3.8) is 0 Å². The van der Waals surface area contributed by atoms with Gasteiger partial charge in [-0.15, -0.1) is 11.6 Å². The summed E-state index contributed by atoms with van der Waals surface area (Å²) in [5.41, 5.74) is 0. The van der Waals surface area contributed by atoms with E-state index in [4.69, 9.17) is 16.3 Å². The molecule has 1 aliphatic heterocycles. The van der Waals surface area contributed by atoms with Gasteiger partial charge in [0.2, 0.25) is 5.91 Å². The Kier molecular flexibility index (Phi) is 4.09. The van der Waals surface area contributed by atoms with Gasteiger partial charge in [-0.3, -0.25) is 4.79 Å². The van der Waals surface area contributed by atoms with Gasteiger partial charge in [0.25, 0.3) is 0 Å². The molecule has 3 nitrogen and oxygen atoms in total. The minimum absolute atomic E-state index is 0.0977. The van der Waals surface area contributed by atoms with Crippen LogP contribution in [0.2, 0.25) is 0 Å². The second-order valence-corrected chi connectivity index (χ2v) is 5.55. The summed E-state index contributed by atoms with van der Waals surface area (Å²) < 4.78 is 5.34. The second kappa shape index (κ2) is 5.37. The first kappa shape index (κ1) is 12.2. The van der Waals surface area contributed by atoms with Crippen molar-refractivity contribution < 1.29 is 9.53 Å². The van der Waals surface area contributed by atoms with Gasteiger partial charge in [0.1, 0.15) is 5.38 Å². The molecular weight excluding hydrogens is 226 g/mol. The minimum Gasteiger partial charge on any atom is -0.381 e. The van der Waals surface area contributed by atoms with E-state index in [-0.39, 0.29) is 5.91 Å². The summed E-state index contributed by atoms with van der Waals surface area (Å²) in [5.74, 6) is 0.822. The fourth-order valence-corrected chi connectivity index (χ4v) is 2.35. The Labute approximate surface area is 102 Å². The molecule has 1 heterocycles. The van der Waals surface area contributed by atoms with Crippen molar-refractivity contribution in [2.45, 2.75) is 44.0 Å². The van der Waals surface area contributed by atoms with Crippen molar-refractivity contribution in [3.05, 3.63) is 0 Å². The summed E-state index contributed by atoms with van der Waals surface area (Å²) in [5, 5.41) is -0.401. The molecule has 1 atom stereocenters. The maximum Gasteiger partial charge on any atom is 0.240 e. The number of amides is 1. The number of carbonyl (C=O) groups excluding carboxylic acids is 1. The summed E-state index contributed by atoms with van der Waals surface area (Å²) in [6.07, 6.45) is 4.46. The van der Waals surface area contributed by atoms with E-state index in [0.29, 0.717) is 6.04 Å². The highest BCUT2D eigenvalue weighted by Gasteiger charge is 2.33. The van der Waals surface area contributed by atoms with E-state index >= 15 is 0 Å². The molecule has 1 unspecified atom stereocenters. The molecule has 1 saturated heterocycles. The largest absolute Gasteiger partial charge is 0.381 e. The molecule has 16 heavy (non-hydrogen) atoms. The molecule has 1 saturated carbocycles. The average Bonchev–Trinajstić information content (AvgIpc) is 3.10. The van der Waals surface area contributed by atoms with Crippen LogP contribution in [0.4, 0.5) is 0 Å². The Morgan fingerprint density at radius 1 is 1.38 bits per heavy atom. The highest BCUT2D eigenvalue weighted by atomic mass is 35.5. The number of hydrogen-bond acceptors (Lipinski definition) is 2. The minimum atomic E-state index is -0.401. The molecule has 0 spiro atoms. The van der Waals surface area contributed by atoms with Gasteiger partial charge >= 0.3 is 0 Å². The number of carbonyl (C=O) groups is 1. The van der Waals surface area contributed by atoms with Crippen LogP contribution >= 0.6 is 11.6 Å². The van der Waals surface area contributed by atoms with Crippen LogP contribution in [-0.2, 0) is 9.53 Å². The third kappa shape index (κ3) is 3.11. The van der Waals surface area contributed by atoms with Crippen LogP contribution < -0.4 is 0 Å². The van der Waals surface area contributed by atoms with E-state index in [1.165, 1.54) is 12.8 Å². The van der Waals surface area contributed by atoms with Crippen molar-refractivity contribution in [2.75, 3.05) is 19.8 Å². The predicted molar refractivity (Wildman–Crippen MR) is 63.6 cm³/mol. The lowest BCUT2D eigenvalue weighted by atomic mass is 10.1. The molecule has 1 amide bonds. The molecule has 0 radical (unpaired) electrons. The summed E-state index contributed by atoms with van der Waals surface area (Å²) in [4.78, 5) is 14.1. The van der Waals surface area contributed by atoms with Crippen molar-refractivity contribution in [1.82, 2.24) is 4.90 Å². The Hall–Kier alpha value is -0.280. The van der Waals surface area contributed by atoms with Gasteiger partial charge in [-0.1, -0.05) is 0 Å². The smallest absolute Gasteiger partial charge is 0.240 e. The summed E-state index contributed by atoms with van der Waals surface area (Å²) in [7, 11) is 0. The summed E-state index contributed by atoms with van der Waals surface area (Å²) in [6.45, 7) is 4.22. The fraction of sp³-hybridized carbons (Fsp3) is 0.917. The number of halogens is 1. The van der Waals surface area contributed by atoms with Gasteiger partial charge in [-0.05, 0) is 38.5 Å². The lowest BCUT2D eigenvalue weighted by Crippen LogP contribution is -2.47. The van der Waals surface area contributed by atoms with E-state index in [2.05, 4.69) is 0 Å². The standard InChI is InChI=1S/C12H20ClNO2/c1-9(13)12(15)14(8-10-2-3-10)11-4-6-16-7-5-11/h9-11H,2-8H2,1H3. The van der Waals surface area contributed by atoms with Crippen LogP contribution in [-0.4, -0.2) is 42.0 Å². The second-order valence-electron chi connectivity index (χ2n) is 4.89. The molecule has 2 fully saturated rings. The normalized spacial score (nSPS) is 24.1. The highest BCUT2D eigenvalue weighted by Crippen LogP contribution is 2.31. The van der Waals surface area contributed by atoms with Crippen molar-refractivity contribution >= 4 is 17.5 Å². The van der Waals surface area contributed by atoms with Crippen molar-refractivity contribution in [2.24, 2.45) is 5.92 Å². The van der Waals surface area contributed by atoms with Gasteiger partial charge in [0.05, 0.1) is 0 Å². The van der Waals surface area contributed by atoms with E-state index in [1.807, 2.05) is 4.90 Å². The maximum atomic E-state index is 12.1. The topological polar surface area (TPSA) is 29.5 Å². The molecule has 2 aliphatic rings. The van der Waals surface area contributed by atoms with Crippen molar-refractivity contribution in [3.8, 4) is 0 Å². The number of ether oxygens (including phenoxy) is 1. The summed E-state index contributed by atoms with van der Waals surface area (Å²) >= 11 is 5.92. The number of nitrogens with zero attached hydrogens (tertiary/aromatic N) is 1. The predicted octanol–water partition coefficient (Wildman–Crippen LogP) is 2.03. The van der Waals surface area contributed by atoms with Crippen LogP contribution in [0.1, 0.15) is 32.6 Å². The summed E-state index contributed by atoms with van der Waals surface area (Å²) in [6, 6.07) is 0.350. The van der Waals surface area contributed by atoms with Crippen LogP contribution in [0.15, 0.2) is 0 Å². The first-order valence-corrected chi connectivity index (χ1v) is 6.64. The quantitative estimate of drug-likeness (QED) is 0.710. The van der Waals surface area contributed by atoms with Gasteiger partial charge in [0, 0.05) is 25.8 Å². The van der Waals surface area contributed by atoms with Crippen LogP contribution in [0.25, 0.3) is 0 Å². The van der Waals surface area contributed by atoms with E-state index in [1.54, 1.807) is 6.92 Å². The number of alkyl halides is 1. The third-order valence-electron chi connectivity index (χ3n) is 3.41. The average molecular weight is 246 g/mol. The molecule has 4 heteroatoms. The monoisotopic (exact) mass is 245 g/mol. The van der Waals surface area contributed by atoms with E-state index in [0.717, 1.165) is 38.5 Å². The van der Waals surface area contributed by atoms with Gasteiger partial charge in [-0.2, -0.15) is 0 Å². The Morgan fingerprint density at radius 3 is 2.50 bits per heavy atom. The third-order valence-corrected chi connectivity index (χ3v) is 3.59. The first-order chi connectivity index (χ1) is 7.68. The van der Waals surface area contributed by atoms with Gasteiger partial charge < -0.3 is 9.64 Å². The molecular formula is C12H20ClNO2. The molecule has 0 aromatic carbocycles. The number of hydrogen-bond donors (Lipinski definition) is 0. The Morgan fingerprint density at radius 2 is 2.00 bits per heavy atom. The lowest BCUT2D eigenvalue weighted by molar-refractivity contribution is -0.135.